The minimum absolute atomic E-state index is 0.143. The number of likely N-dealkylation sites (tertiary alicyclic amines) is 1. The Morgan fingerprint density at radius 2 is 1.95 bits per heavy atom. The van der Waals surface area contributed by atoms with Gasteiger partial charge in [-0.05, 0) is 51.0 Å². The van der Waals surface area contributed by atoms with Gasteiger partial charge in [-0.15, -0.1) is 0 Å². The van der Waals surface area contributed by atoms with E-state index in [0.29, 0.717) is 6.04 Å². The van der Waals surface area contributed by atoms with Crippen molar-refractivity contribution in [2.75, 3.05) is 32.1 Å². The molecule has 3 heteroatoms. The van der Waals surface area contributed by atoms with E-state index in [1.54, 1.807) is 0 Å². The van der Waals surface area contributed by atoms with Crippen LogP contribution in [-0.4, -0.2) is 38.1 Å². The molecule has 0 radical (unpaired) electrons. The number of piperidine rings is 1. The van der Waals surface area contributed by atoms with E-state index in [1.165, 1.54) is 37.2 Å². The maximum absolute atomic E-state index is 6.25. The van der Waals surface area contributed by atoms with Crippen LogP contribution in [0.4, 0.5) is 5.69 Å². The van der Waals surface area contributed by atoms with Crippen LogP contribution in [0.2, 0.25) is 0 Å². The highest BCUT2D eigenvalue weighted by Gasteiger charge is 2.22. The molecular formula is C16H27N3. The molecule has 19 heavy (non-hydrogen) atoms. The molecule has 0 amide bonds. The first-order chi connectivity index (χ1) is 9.13. The number of hydrogen-bond acceptors (Lipinski definition) is 3. The molecule has 1 aromatic carbocycles. The fourth-order valence-electron chi connectivity index (χ4n) is 2.92. The zero-order chi connectivity index (χ0) is 13.8. The quantitative estimate of drug-likeness (QED) is 0.904. The van der Waals surface area contributed by atoms with Gasteiger partial charge < -0.3 is 15.5 Å². The van der Waals surface area contributed by atoms with Crippen LogP contribution in [-0.2, 0) is 0 Å². The van der Waals surface area contributed by atoms with Gasteiger partial charge in [-0.2, -0.15) is 0 Å². The molecule has 1 aliphatic rings. The van der Waals surface area contributed by atoms with Gasteiger partial charge in [0.2, 0.25) is 0 Å². The summed E-state index contributed by atoms with van der Waals surface area (Å²) in [5.41, 5.74) is 8.84. The molecule has 1 aromatic rings. The van der Waals surface area contributed by atoms with Gasteiger partial charge in [-0.3, -0.25) is 0 Å². The lowest BCUT2D eigenvalue weighted by Gasteiger charge is -2.37. The van der Waals surface area contributed by atoms with Crippen molar-refractivity contribution in [2.24, 2.45) is 5.73 Å². The molecule has 1 saturated heterocycles. The van der Waals surface area contributed by atoms with Gasteiger partial charge in [0.15, 0.2) is 0 Å². The summed E-state index contributed by atoms with van der Waals surface area (Å²) in [6, 6.07) is 9.38. The van der Waals surface area contributed by atoms with E-state index in [9.17, 15) is 0 Å². The first kappa shape index (κ1) is 14.4. The number of para-hydroxylation sites is 1. The van der Waals surface area contributed by atoms with Crippen LogP contribution < -0.4 is 10.6 Å². The zero-order valence-electron chi connectivity index (χ0n) is 12.5. The highest BCUT2D eigenvalue weighted by molar-refractivity contribution is 5.55. The molecule has 1 atom stereocenters. The summed E-state index contributed by atoms with van der Waals surface area (Å²) >= 11 is 0. The molecule has 0 bridgehead atoms. The van der Waals surface area contributed by atoms with Gasteiger partial charge in [-0.1, -0.05) is 25.1 Å². The van der Waals surface area contributed by atoms with E-state index in [-0.39, 0.29) is 6.04 Å². The number of anilines is 1. The Balaban J connectivity index is 2.16. The smallest absolute Gasteiger partial charge is 0.0414 e. The van der Waals surface area contributed by atoms with Crippen LogP contribution in [0.1, 0.15) is 37.8 Å². The Labute approximate surface area is 117 Å². The maximum atomic E-state index is 6.25. The first-order valence-corrected chi connectivity index (χ1v) is 7.39. The fraction of sp³-hybridized carbons (Fsp3) is 0.625. The zero-order valence-corrected chi connectivity index (χ0v) is 12.5. The lowest BCUT2D eigenvalue weighted by Crippen LogP contribution is -2.42. The Morgan fingerprint density at radius 1 is 1.32 bits per heavy atom. The van der Waals surface area contributed by atoms with Crippen molar-refractivity contribution in [3.8, 4) is 0 Å². The molecule has 1 heterocycles. The van der Waals surface area contributed by atoms with Crippen LogP contribution in [0.3, 0.4) is 0 Å². The van der Waals surface area contributed by atoms with E-state index in [4.69, 9.17) is 5.73 Å². The highest BCUT2D eigenvalue weighted by Crippen LogP contribution is 2.29. The van der Waals surface area contributed by atoms with Crippen LogP contribution in [0, 0.1) is 0 Å². The van der Waals surface area contributed by atoms with Gasteiger partial charge in [0.05, 0.1) is 0 Å². The normalized spacial score (nSPS) is 19.4. The van der Waals surface area contributed by atoms with E-state index >= 15 is 0 Å². The number of hydrogen-bond donors (Lipinski definition) is 1. The molecule has 2 rings (SSSR count). The largest absolute Gasteiger partial charge is 0.371 e. The predicted molar refractivity (Wildman–Crippen MR) is 82.6 cm³/mol. The second-order valence-corrected chi connectivity index (χ2v) is 5.72. The summed E-state index contributed by atoms with van der Waals surface area (Å²) in [7, 11) is 4.42. The minimum Gasteiger partial charge on any atom is -0.371 e. The van der Waals surface area contributed by atoms with Crippen LogP contribution >= 0.6 is 0 Å². The van der Waals surface area contributed by atoms with Crippen LogP contribution in [0.15, 0.2) is 24.3 Å². The lowest BCUT2D eigenvalue weighted by molar-refractivity contribution is 0.252. The second-order valence-electron chi connectivity index (χ2n) is 5.72. The SMILES string of the molecule is CCC(N)c1ccccc1N(C)C1CCN(C)CC1. The van der Waals surface area contributed by atoms with Gasteiger partial charge in [-0.25, -0.2) is 0 Å². The molecule has 1 unspecified atom stereocenters. The summed E-state index contributed by atoms with van der Waals surface area (Å²) in [4.78, 5) is 4.85. The van der Waals surface area contributed by atoms with Gasteiger partial charge >= 0.3 is 0 Å². The second kappa shape index (κ2) is 6.40. The van der Waals surface area contributed by atoms with Crippen LogP contribution in [0.25, 0.3) is 0 Å². The summed E-state index contributed by atoms with van der Waals surface area (Å²) in [5.74, 6) is 0. The lowest BCUT2D eigenvalue weighted by atomic mass is 9.99. The molecule has 2 N–H and O–H groups in total. The molecule has 0 spiro atoms. The highest BCUT2D eigenvalue weighted by atomic mass is 15.2. The monoisotopic (exact) mass is 261 g/mol. The van der Waals surface area contributed by atoms with Gasteiger partial charge in [0.25, 0.3) is 0 Å². The van der Waals surface area contributed by atoms with Crippen molar-refractivity contribution < 1.29 is 0 Å². The van der Waals surface area contributed by atoms with E-state index < -0.39 is 0 Å². The fourth-order valence-corrected chi connectivity index (χ4v) is 2.92. The Morgan fingerprint density at radius 3 is 2.58 bits per heavy atom. The molecule has 106 valence electrons. The Kier molecular flexibility index (Phi) is 4.83. The third kappa shape index (κ3) is 3.28. The number of rotatable bonds is 4. The molecule has 3 nitrogen and oxygen atoms in total. The van der Waals surface area contributed by atoms with E-state index in [0.717, 1.165) is 6.42 Å². The van der Waals surface area contributed by atoms with Crippen molar-refractivity contribution >= 4 is 5.69 Å². The number of nitrogens with two attached hydrogens (primary N) is 1. The van der Waals surface area contributed by atoms with Crippen molar-refractivity contribution in [1.29, 1.82) is 0 Å². The molecule has 0 aliphatic carbocycles. The Hall–Kier alpha value is -1.06. The average Bonchev–Trinajstić information content (AvgIpc) is 2.46. The third-order valence-electron chi connectivity index (χ3n) is 4.39. The van der Waals surface area contributed by atoms with Crippen LogP contribution in [0.5, 0.6) is 0 Å². The van der Waals surface area contributed by atoms with E-state index in [1.807, 2.05) is 0 Å². The minimum atomic E-state index is 0.143. The summed E-state index contributed by atoms with van der Waals surface area (Å²) in [6.45, 7) is 4.53. The first-order valence-electron chi connectivity index (χ1n) is 7.39. The van der Waals surface area contributed by atoms with Gasteiger partial charge in [0.1, 0.15) is 0 Å². The van der Waals surface area contributed by atoms with Crippen molar-refractivity contribution in [1.82, 2.24) is 4.90 Å². The average molecular weight is 261 g/mol. The van der Waals surface area contributed by atoms with Crippen molar-refractivity contribution in [3.05, 3.63) is 29.8 Å². The Bertz CT molecular complexity index is 397. The molecule has 1 fully saturated rings. The van der Waals surface area contributed by atoms with Gasteiger partial charge in [0, 0.05) is 24.8 Å². The third-order valence-corrected chi connectivity index (χ3v) is 4.39. The predicted octanol–water partition coefficient (Wildman–Crippen LogP) is 2.63. The van der Waals surface area contributed by atoms with E-state index in [2.05, 4.69) is 55.1 Å². The topological polar surface area (TPSA) is 32.5 Å². The number of nitrogens with zero attached hydrogens (tertiary/aromatic N) is 2. The summed E-state index contributed by atoms with van der Waals surface area (Å²) in [6.07, 6.45) is 3.46. The number of benzene rings is 1. The van der Waals surface area contributed by atoms with Crippen molar-refractivity contribution in [2.45, 2.75) is 38.3 Å². The molecular weight excluding hydrogens is 234 g/mol. The summed E-state index contributed by atoms with van der Waals surface area (Å²) < 4.78 is 0. The maximum Gasteiger partial charge on any atom is 0.0414 e. The summed E-state index contributed by atoms with van der Waals surface area (Å²) in [5, 5.41) is 0. The molecule has 0 saturated carbocycles. The van der Waals surface area contributed by atoms with Crippen molar-refractivity contribution in [3.63, 3.8) is 0 Å². The standard InChI is InChI=1S/C16H27N3/c1-4-15(17)14-7-5-6-8-16(14)19(3)13-9-11-18(2)12-10-13/h5-8,13,15H,4,9-12,17H2,1-3H3. The molecule has 0 aromatic heterocycles. The molecule has 1 aliphatic heterocycles.